The molecule has 2 aromatic rings. The molecular formula is C12H10BrN3O2S2. The molecule has 0 bridgehead atoms. The van der Waals surface area contributed by atoms with E-state index in [1.165, 1.54) is 29.5 Å². The number of thiophene rings is 1. The third-order valence-electron chi connectivity index (χ3n) is 2.48. The average molecular weight is 372 g/mol. The third-order valence-corrected chi connectivity index (χ3v) is 5.56. The van der Waals surface area contributed by atoms with Gasteiger partial charge in [0.05, 0.1) is 14.2 Å². The molecule has 2 rings (SSSR count). The molecule has 0 saturated carbocycles. The predicted octanol–water partition coefficient (Wildman–Crippen LogP) is 2.44. The normalized spacial score (nSPS) is 11.2. The second kappa shape index (κ2) is 5.93. The van der Waals surface area contributed by atoms with Gasteiger partial charge in [-0.3, -0.25) is 0 Å². The van der Waals surface area contributed by atoms with Gasteiger partial charge >= 0.3 is 0 Å². The predicted molar refractivity (Wildman–Crippen MR) is 81.6 cm³/mol. The number of hydrogen-bond donors (Lipinski definition) is 2. The summed E-state index contributed by atoms with van der Waals surface area (Å²) in [7, 11) is -3.75. The summed E-state index contributed by atoms with van der Waals surface area (Å²) in [4.78, 5) is 0.805. The Morgan fingerprint density at radius 1 is 1.35 bits per heavy atom. The maximum absolute atomic E-state index is 12.2. The molecule has 20 heavy (non-hydrogen) atoms. The lowest BCUT2D eigenvalue weighted by Gasteiger charge is -2.07. The fraction of sp³-hybridized carbons (Fsp3) is 0.0833. The van der Waals surface area contributed by atoms with Gasteiger partial charge in [-0.05, 0) is 46.3 Å². The number of benzene rings is 1. The monoisotopic (exact) mass is 371 g/mol. The molecule has 1 aromatic carbocycles. The zero-order chi connectivity index (χ0) is 14.8. The maximum Gasteiger partial charge on any atom is 0.242 e. The molecule has 104 valence electrons. The summed E-state index contributed by atoms with van der Waals surface area (Å²) in [5, 5.41) is 8.99. The minimum absolute atomic E-state index is 0.0323. The first kappa shape index (κ1) is 15.0. The Labute approximate surface area is 129 Å². The van der Waals surface area contributed by atoms with Crippen molar-refractivity contribution in [1.29, 1.82) is 5.26 Å². The zero-order valence-corrected chi connectivity index (χ0v) is 13.3. The molecule has 0 fully saturated rings. The number of halogens is 1. The molecule has 0 aliphatic rings. The average Bonchev–Trinajstić information content (AvgIpc) is 2.82. The molecule has 0 aliphatic carbocycles. The van der Waals surface area contributed by atoms with Gasteiger partial charge < -0.3 is 5.73 Å². The van der Waals surface area contributed by atoms with Gasteiger partial charge in [0.2, 0.25) is 10.0 Å². The highest BCUT2D eigenvalue weighted by molar-refractivity contribution is 9.11. The first-order chi connectivity index (χ1) is 9.42. The number of hydrogen-bond acceptors (Lipinski definition) is 5. The van der Waals surface area contributed by atoms with E-state index in [4.69, 9.17) is 11.0 Å². The summed E-state index contributed by atoms with van der Waals surface area (Å²) in [6.45, 7) is 0.174. The molecule has 0 spiro atoms. The lowest BCUT2D eigenvalue weighted by molar-refractivity contribution is 0.581. The van der Waals surface area contributed by atoms with Crippen molar-refractivity contribution in [2.45, 2.75) is 11.4 Å². The van der Waals surface area contributed by atoms with Crippen LogP contribution in [0.4, 0.5) is 5.69 Å². The van der Waals surface area contributed by atoms with Crippen molar-refractivity contribution in [3.8, 4) is 6.07 Å². The van der Waals surface area contributed by atoms with Crippen molar-refractivity contribution in [3.63, 3.8) is 0 Å². The van der Waals surface area contributed by atoms with Crippen LogP contribution in [-0.4, -0.2) is 8.42 Å². The van der Waals surface area contributed by atoms with Gasteiger partial charge in [-0.2, -0.15) is 5.26 Å². The molecule has 8 heteroatoms. The van der Waals surface area contributed by atoms with E-state index in [1.807, 2.05) is 18.2 Å². The van der Waals surface area contributed by atoms with Gasteiger partial charge in [0.25, 0.3) is 0 Å². The van der Waals surface area contributed by atoms with E-state index in [0.717, 1.165) is 8.66 Å². The fourth-order valence-corrected chi connectivity index (χ4v) is 4.22. The van der Waals surface area contributed by atoms with Crippen molar-refractivity contribution >= 4 is 43.0 Å². The van der Waals surface area contributed by atoms with E-state index >= 15 is 0 Å². The molecule has 0 atom stereocenters. The van der Waals surface area contributed by atoms with Crippen LogP contribution in [0.1, 0.15) is 10.4 Å². The summed E-state index contributed by atoms with van der Waals surface area (Å²) < 4.78 is 27.8. The Kier molecular flexibility index (Phi) is 4.45. The van der Waals surface area contributed by atoms with E-state index in [9.17, 15) is 8.42 Å². The van der Waals surface area contributed by atoms with Crippen LogP contribution in [0.15, 0.2) is 39.0 Å². The Bertz CT molecular complexity index is 778. The highest BCUT2D eigenvalue weighted by Gasteiger charge is 2.18. The van der Waals surface area contributed by atoms with Gasteiger partial charge in [0.1, 0.15) is 6.07 Å². The van der Waals surface area contributed by atoms with Crippen molar-refractivity contribution in [1.82, 2.24) is 4.72 Å². The molecule has 1 heterocycles. The maximum atomic E-state index is 12.2. The molecule has 3 N–H and O–H groups in total. The summed E-state index contributed by atoms with van der Waals surface area (Å²) in [6.07, 6.45) is 0. The first-order valence-corrected chi connectivity index (χ1v) is 8.55. The van der Waals surface area contributed by atoms with E-state index < -0.39 is 10.0 Å². The number of nitriles is 1. The minimum Gasteiger partial charge on any atom is -0.399 e. The van der Waals surface area contributed by atoms with E-state index in [1.54, 1.807) is 0 Å². The van der Waals surface area contributed by atoms with Gasteiger partial charge in [0, 0.05) is 17.1 Å². The van der Waals surface area contributed by atoms with Crippen LogP contribution >= 0.6 is 27.3 Å². The molecule has 5 nitrogen and oxygen atoms in total. The number of nitrogen functional groups attached to an aromatic ring is 1. The van der Waals surface area contributed by atoms with Crippen LogP contribution in [0.25, 0.3) is 0 Å². The number of sulfonamides is 1. The first-order valence-electron chi connectivity index (χ1n) is 5.46. The van der Waals surface area contributed by atoms with Crippen molar-refractivity contribution < 1.29 is 8.42 Å². The number of nitrogens with two attached hydrogens (primary N) is 1. The Balaban J connectivity index is 2.25. The largest absolute Gasteiger partial charge is 0.399 e. The highest BCUT2D eigenvalue weighted by Crippen LogP contribution is 2.23. The lowest BCUT2D eigenvalue weighted by Crippen LogP contribution is -2.23. The molecule has 0 radical (unpaired) electrons. The molecule has 1 aromatic heterocycles. The van der Waals surface area contributed by atoms with Gasteiger partial charge in [-0.1, -0.05) is 0 Å². The van der Waals surface area contributed by atoms with Crippen molar-refractivity contribution in [3.05, 3.63) is 44.6 Å². The van der Waals surface area contributed by atoms with Crippen LogP contribution in [0.2, 0.25) is 0 Å². The highest BCUT2D eigenvalue weighted by atomic mass is 79.9. The number of rotatable bonds is 4. The lowest BCUT2D eigenvalue weighted by atomic mass is 10.2. The summed E-state index contributed by atoms with van der Waals surface area (Å²) in [5.41, 5.74) is 5.93. The summed E-state index contributed by atoms with van der Waals surface area (Å²) in [5.74, 6) is 0. The second-order valence-corrected chi connectivity index (χ2v) is 8.18. The molecule has 0 saturated heterocycles. The van der Waals surface area contributed by atoms with Crippen molar-refractivity contribution in [2.75, 3.05) is 5.73 Å². The van der Waals surface area contributed by atoms with Gasteiger partial charge in [-0.25, -0.2) is 13.1 Å². The van der Waals surface area contributed by atoms with Gasteiger partial charge in [0.15, 0.2) is 0 Å². The molecule has 0 amide bonds. The zero-order valence-electron chi connectivity index (χ0n) is 10.1. The Hall–Kier alpha value is -1.40. The third kappa shape index (κ3) is 3.37. The van der Waals surface area contributed by atoms with E-state index in [2.05, 4.69) is 20.7 Å². The van der Waals surface area contributed by atoms with Crippen LogP contribution in [0, 0.1) is 11.3 Å². The number of nitrogens with zero attached hydrogens (tertiary/aromatic N) is 1. The minimum atomic E-state index is -3.75. The van der Waals surface area contributed by atoms with Crippen LogP contribution < -0.4 is 10.5 Å². The molecule has 0 unspecified atom stereocenters. The summed E-state index contributed by atoms with van der Waals surface area (Å²) >= 11 is 4.75. The van der Waals surface area contributed by atoms with Crippen LogP contribution in [0.5, 0.6) is 0 Å². The quantitative estimate of drug-likeness (QED) is 0.806. The van der Waals surface area contributed by atoms with Gasteiger partial charge in [-0.15, -0.1) is 11.3 Å². The Morgan fingerprint density at radius 3 is 2.70 bits per heavy atom. The molecular weight excluding hydrogens is 362 g/mol. The van der Waals surface area contributed by atoms with E-state index in [0.29, 0.717) is 5.69 Å². The number of anilines is 1. The van der Waals surface area contributed by atoms with Crippen LogP contribution in [0.3, 0.4) is 0 Å². The second-order valence-electron chi connectivity index (χ2n) is 3.90. The topological polar surface area (TPSA) is 96.0 Å². The smallest absolute Gasteiger partial charge is 0.242 e. The van der Waals surface area contributed by atoms with E-state index in [-0.39, 0.29) is 17.0 Å². The van der Waals surface area contributed by atoms with Crippen LogP contribution in [-0.2, 0) is 16.6 Å². The Morgan fingerprint density at radius 2 is 2.10 bits per heavy atom. The van der Waals surface area contributed by atoms with Crippen molar-refractivity contribution in [2.24, 2.45) is 0 Å². The summed E-state index contributed by atoms with van der Waals surface area (Å²) in [6, 6.07) is 9.64. The fourth-order valence-electron chi connectivity index (χ4n) is 1.56. The SMILES string of the molecule is N#Cc1cc(N)ccc1S(=O)(=O)NCc1ccc(Br)s1. The number of nitrogens with one attached hydrogen (secondary N) is 1. The standard InChI is InChI=1S/C12H10BrN3O2S2/c13-12-4-2-10(19-12)7-16-20(17,18)11-3-1-9(15)5-8(11)6-14/h1-5,16H,7,15H2. The molecule has 0 aliphatic heterocycles.